The fraction of sp³-hybridized carbons (Fsp3) is 0. The molecule has 0 amide bonds. The van der Waals surface area contributed by atoms with Crippen molar-refractivity contribution in [1.82, 2.24) is 9.97 Å². The van der Waals surface area contributed by atoms with E-state index in [-0.39, 0.29) is 5.82 Å². The molecule has 0 aliphatic carbocycles. The summed E-state index contributed by atoms with van der Waals surface area (Å²) in [5.74, 6) is 0.698. The summed E-state index contributed by atoms with van der Waals surface area (Å²) in [6.07, 6.45) is 1.48. The first kappa shape index (κ1) is 17.1. The second kappa shape index (κ2) is 7.17. The molecule has 114 valence electrons. The molecule has 0 bridgehead atoms. The van der Waals surface area contributed by atoms with Gasteiger partial charge in [-0.2, -0.15) is 13.4 Å². The molecule has 9 nitrogen and oxygen atoms in total. The van der Waals surface area contributed by atoms with E-state index in [4.69, 9.17) is 29.0 Å². The lowest BCUT2D eigenvalue weighted by atomic mass is 10.3. The molecule has 0 aliphatic rings. The van der Waals surface area contributed by atoms with Gasteiger partial charge in [-0.05, 0) is 24.3 Å². The van der Waals surface area contributed by atoms with Gasteiger partial charge in [0.05, 0.1) is 11.9 Å². The average molecular weight is 378 g/mol. The van der Waals surface area contributed by atoms with Crippen LogP contribution in [0.1, 0.15) is 0 Å². The Morgan fingerprint density at radius 1 is 1.14 bits per heavy atom. The third kappa shape index (κ3) is 7.41. The molecule has 7 N–H and O–H groups in total. The van der Waals surface area contributed by atoms with Crippen LogP contribution in [0.15, 0.2) is 34.9 Å². The second-order valence-corrected chi connectivity index (χ2v) is 5.43. The third-order valence-corrected chi connectivity index (χ3v) is 2.48. The van der Waals surface area contributed by atoms with Gasteiger partial charge in [0.2, 0.25) is 5.95 Å². The van der Waals surface area contributed by atoms with Gasteiger partial charge in [0.1, 0.15) is 0 Å². The van der Waals surface area contributed by atoms with E-state index in [0.717, 1.165) is 10.2 Å². The zero-order valence-corrected chi connectivity index (χ0v) is 12.8. The largest absolute Gasteiger partial charge is 0.394 e. The first-order valence-corrected chi connectivity index (χ1v) is 7.44. The van der Waals surface area contributed by atoms with Crippen LogP contribution in [0.4, 0.5) is 23.1 Å². The normalized spacial score (nSPS) is 10.4. The lowest BCUT2D eigenvalue weighted by molar-refractivity contribution is 0.381. The molecule has 1 aromatic carbocycles. The SMILES string of the molecule is Nc1cnc(Nc2ccc(Br)cc2)nc1N.O=S(=O)(O)O. The van der Waals surface area contributed by atoms with Crippen LogP contribution >= 0.6 is 15.9 Å². The van der Waals surface area contributed by atoms with Gasteiger partial charge in [-0.1, -0.05) is 15.9 Å². The number of halogens is 1. The first-order valence-electron chi connectivity index (χ1n) is 5.25. The molecule has 1 aromatic heterocycles. The standard InChI is InChI=1S/C10H10BrN5.H2O4S/c11-6-1-3-7(4-2-6)15-10-14-5-8(12)9(13)16-10;1-5(2,3)4/h1-5H,12H2,(H3,13,14,15,16);(H2,1,2,3,4). The van der Waals surface area contributed by atoms with Crippen LogP contribution in [-0.2, 0) is 10.4 Å². The Labute approximate surface area is 129 Å². The Morgan fingerprint density at radius 3 is 2.14 bits per heavy atom. The van der Waals surface area contributed by atoms with Gasteiger partial charge in [-0.15, -0.1) is 0 Å². The minimum atomic E-state index is -4.67. The highest BCUT2D eigenvalue weighted by molar-refractivity contribution is 9.10. The van der Waals surface area contributed by atoms with Crippen molar-refractivity contribution in [3.8, 4) is 0 Å². The fourth-order valence-electron chi connectivity index (χ4n) is 1.13. The fourth-order valence-corrected chi connectivity index (χ4v) is 1.39. The van der Waals surface area contributed by atoms with E-state index in [1.165, 1.54) is 6.20 Å². The number of nitrogens with zero attached hydrogens (tertiary/aromatic N) is 2. The number of aromatic nitrogens is 2. The summed E-state index contributed by atoms with van der Waals surface area (Å²) < 4.78 is 32.6. The Bertz CT molecular complexity index is 700. The number of nitrogen functional groups attached to an aromatic ring is 2. The van der Waals surface area contributed by atoms with Crippen LogP contribution in [0.25, 0.3) is 0 Å². The Hall–Kier alpha value is -1.95. The van der Waals surface area contributed by atoms with Gasteiger partial charge in [0.15, 0.2) is 5.82 Å². The first-order chi connectivity index (χ1) is 9.65. The topological polar surface area (TPSA) is 164 Å². The van der Waals surface area contributed by atoms with Crippen LogP contribution < -0.4 is 16.8 Å². The van der Waals surface area contributed by atoms with Crippen LogP contribution in [0.2, 0.25) is 0 Å². The second-order valence-electron chi connectivity index (χ2n) is 3.61. The molecular weight excluding hydrogens is 366 g/mol. The van der Waals surface area contributed by atoms with E-state index < -0.39 is 10.4 Å². The number of nitrogens with one attached hydrogen (secondary N) is 1. The van der Waals surface area contributed by atoms with E-state index in [9.17, 15) is 0 Å². The van der Waals surface area contributed by atoms with Gasteiger partial charge in [-0.25, -0.2) is 4.98 Å². The molecule has 2 aromatic rings. The van der Waals surface area contributed by atoms with E-state index in [0.29, 0.717) is 11.6 Å². The predicted octanol–water partition coefficient (Wildman–Crippen LogP) is 1.49. The minimum absolute atomic E-state index is 0.273. The maximum absolute atomic E-state index is 8.74. The zero-order valence-electron chi connectivity index (χ0n) is 10.4. The quantitative estimate of drug-likeness (QED) is 0.487. The highest BCUT2D eigenvalue weighted by Gasteiger charge is 2.01. The lowest BCUT2D eigenvalue weighted by Gasteiger charge is -2.06. The zero-order chi connectivity index (χ0) is 16.0. The molecule has 0 unspecified atom stereocenters. The summed E-state index contributed by atoms with van der Waals surface area (Å²) in [4.78, 5) is 8.03. The molecule has 21 heavy (non-hydrogen) atoms. The maximum atomic E-state index is 8.74. The Balaban J connectivity index is 0.000000383. The van der Waals surface area contributed by atoms with E-state index in [2.05, 4.69) is 31.2 Å². The predicted molar refractivity (Wildman–Crippen MR) is 82.5 cm³/mol. The summed E-state index contributed by atoms with van der Waals surface area (Å²) in [6.45, 7) is 0. The summed E-state index contributed by atoms with van der Waals surface area (Å²) in [5.41, 5.74) is 12.4. The molecule has 11 heteroatoms. The highest BCUT2D eigenvalue weighted by Crippen LogP contribution is 2.18. The molecule has 1 heterocycles. The average Bonchev–Trinajstić information content (AvgIpc) is 2.35. The molecule has 0 aliphatic heterocycles. The van der Waals surface area contributed by atoms with Crippen LogP contribution in [0.5, 0.6) is 0 Å². The molecule has 0 spiro atoms. The van der Waals surface area contributed by atoms with Crippen LogP contribution in [0, 0.1) is 0 Å². The molecule has 0 saturated carbocycles. The van der Waals surface area contributed by atoms with E-state index >= 15 is 0 Å². The van der Waals surface area contributed by atoms with Gasteiger partial charge >= 0.3 is 10.4 Å². The van der Waals surface area contributed by atoms with Crippen molar-refractivity contribution in [2.45, 2.75) is 0 Å². The third-order valence-electron chi connectivity index (χ3n) is 1.95. The lowest BCUT2D eigenvalue weighted by Crippen LogP contribution is -2.03. The van der Waals surface area contributed by atoms with Crippen molar-refractivity contribution in [2.75, 3.05) is 16.8 Å². The minimum Gasteiger partial charge on any atom is -0.394 e. The molecule has 0 radical (unpaired) electrons. The van der Waals surface area contributed by atoms with E-state index in [1.54, 1.807) is 0 Å². The van der Waals surface area contributed by atoms with Crippen molar-refractivity contribution in [3.63, 3.8) is 0 Å². The number of anilines is 4. The number of benzene rings is 1. The monoisotopic (exact) mass is 377 g/mol. The van der Waals surface area contributed by atoms with Crippen LogP contribution in [-0.4, -0.2) is 27.5 Å². The molecule has 0 saturated heterocycles. The van der Waals surface area contributed by atoms with Gasteiger partial charge in [-0.3, -0.25) is 9.11 Å². The van der Waals surface area contributed by atoms with Gasteiger partial charge in [0.25, 0.3) is 0 Å². The highest BCUT2D eigenvalue weighted by atomic mass is 79.9. The number of hydrogen-bond donors (Lipinski definition) is 5. The van der Waals surface area contributed by atoms with Crippen molar-refractivity contribution in [3.05, 3.63) is 34.9 Å². The van der Waals surface area contributed by atoms with Gasteiger partial charge in [0, 0.05) is 10.2 Å². The smallest absolute Gasteiger partial charge is 0.394 e. The number of hydrogen-bond acceptors (Lipinski definition) is 7. The van der Waals surface area contributed by atoms with Crippen molar-refractivity contribution in [2.24, 2.45) is 0 Å². The molecular formula is C10H12BrN5O4S. The summed E-state index contributed by atoms with van der Waals surface area (Å²) in [7, 11) is -4.67. The summed E-state index contributed by atoms with van der Waals surface area (Å²) in [6, 6.07) is 7.64. The van der Waals surface area contributed by atoms with Crippen molar-refractivity contribution < 1.29 is 17.5 Å². The van der Waals surface area contributed by atoms with Crippen LogP contribution in [0.3, 0.4) is 0 Å². The van der Waals surface area contributed by atoms with Crippen molar-refractivity contribution >= 4 is 49.5 Å². The number of rotatable bonds is 2. The maximum Gasteiger partial charge on any atom is 0.394 e. The number of nitrogens with two attached hydrogens (primary N) is 2. The molecule has 0 fully saturated rings. The van der Waals surface area contributed by atoms with E-state index in [1.807, 2.05) is 24.3 Å². The Kier molecular flexibility index (Phi) is 5.84. The molecule has 2 rings (SSSR count). The van der Waals surface area contributed by atoms with Crippen molar-refractivity contribution in [1.29, 1.82) is 0 Å². The Morgan fingerprint density at radius 2 is 1.67 bits per heavy atom. The molecule has 0 atom stereocenters. The van der Waals surface area contributed by atoms with Gasteiger partial charge < -0.3 is 16.8 Å². The summed E-state index contributed by atoms with van der Waals surface area (Å²) >= 11 is 3.36. The summed E-state index contributed by atoms with van der Waals surface area (Å²) in [5, 5.41) is 3.02.